The van der Waals surface area contributed by atoms with Gasteiger partial charge in [0, 0.05) is 11.5 Å². The minimum atomic E-state index is 0.317. The molecule has 5 heteroatoms. The number of nitrogen functional groups attached to an aromatic ring is 1. The number of para-hydroxylation sites is 1. The lowest BCUT2D eigenvalue weighted by Crippen LogP contribution is -2.07. The van der Waals surface area contributed by atoms with Crippen molar-refractivity contribution in [3.63, 3.8) is 0 Å². The van der Waals surface area contributed by atoms with E-state index in [0.29, 0.717) is 18.2 Å². The minimum absolute atomic E-state index is 0.317. The van der Waals surface area contributed by atoms with Crippen LogP contribution in [-0.2, 0) is 6.54 Å². The molecule has 21 heavy (non-hydrogen) atoms. The number of hydrogen-bond acceptors (Lipinski definition) is 4. The van der Waals surface area contributed by atoms with E-state index in [9.17, 15) is 0 Å². The van der Waals surface area contributed by atoms with Crippen molar-refractivity contribution in [2.24, 2.45) is 0 Å². The van der Waals surface area contributed by atoms with E-state index in [1.54, 1.807) is 0 Å². The van der Waals surface area contributed by atoms with Crippen molar-refractivity contribution < 1.29 is 4.52 Å². The van der Waals surface area contributed by atoms with Gasteiger partial charge in [-0.05, 0) is 26.0 Å². The number of nitrogens with two attached hydrogens (primary N) is 1. The van der Waals surface area contributed by atoms with Crippen molar-refractivity contribution in [1.82, 2.24) is 14.7 Å². The van der Waals surface area contributed by atoms with Crippen molar-refractivity contribution in [3.8, 4) is 0 Å². The molecule has 5 nitrogen and oxygen atoms in total. The van der Waals surface area contributed by atoms with Gasteiger partial charge in [0.25, 0.3) is 0 Å². The van der Waals surface area contributed by atoms with E-state index < -0.39 is 0 Å². The molecule has 0 saturated heterocycles. The molecule has 0 unspecified atom stereocenters. The zero-order valence-corrected chi connectivity index (χ0v) is 12.8. The Kier molecular flexibility index (Phi) is 3.20. The lowest BCUT2D eigenvalue weighted by Gasteiger charge is -2.11. The maximum Gasteiger partial charge on any atom is 0.138 e. The lowest BCUT2D eigenvalue weighted by atomic mass is 10.1. The van der Waals surface area contributed by atoms with Crippen LogP contribution < -0.4 is 5.73 Å². The Morgan fingerprint density at radius 1 is 1.29 bits per heavy atom. The van der Waals surface area contributed by atoms with Gasteiger partial charge in [-0.1, -0.05) is 25.1 Å². The number of aromatic nitrogens is 3. The topological polar surface area (TPSA) is 69.9 Å². The summed E-state index contributed by atoms with van der Waals surface area (Å²) in [7, 11) is 0. The van der Waals surface area contributed by atoms with Crippen LogP contribution in [0.3, 0.4) is 0 Å². The SMILES string of the molecule is Cc1noc(C)c1Cn1c(C(C)C)nc2c(N)cccc21. The average molecular weight is 284 g/mol. The molecule has 0 atom stereocenters. The molecule has 0 aliphatic heterocycles. The molecule has 0 radical (unpaired) electrons. The molecular weight excluding hydrogens is 264 g/mol. The fourth-order valence-electron chi connectivity index (χ4n) is 2.68. The van der Waals surface area contributed by atoms with E-state index in [-0.39, 0.29) is 0 Å². The van der Waals surface area contributed by atoms with Gasteiger partial charge in [-0.25, -0.2) is 4.98 Å². The highest BCUT2D eigenvalue weighted by Crippen LogP contribution is 2.27. The number of nitrogens with zero attached hydrogens (tertiary/aromatic N) is 3. The second kappa shape index (κ2) is 4.91. The summed E-state index contributed by atoms with van der Waals surface area (Å²) in [5.41, 5.74) is 10.7. The summed E-state index contributed by atoms with van der Waals surface area (Å²) in [6, 6.07) is 5.91. The van der Waals surface area contributed by atoms with Crippen LogP contribution in [0.15, 0.2) is 22.7 Å². The van der Waals surface area contributed by atoms with Crippen LogP contribution in [0.25, 0.3) is 11.0 Å². The second-order valence-corrected chi connectivity index (χ2v) is 5.73. The Hall–Kier alpha value is -2.30. The van der Waals surface area contributed by atoms with Crippen LogP contribution in [0.5, 0.6) is 0 Å². The number of benzene rings is 1. The van der Waals surface area contributed by atoms with E-state index >= 15 is 0 Å². The summed E-state index contributed by atoms with van der Waals surface area (Å²) < 4.78 is 7.48. The Balaban J connectivity index is 2.21. The Morgan fingerprint density at radius 3 is 2.67 bits per heavy atom. The fraction of sp³-hybridized carbons (Fsp3) is 0.375. The quantitative estimate of drug-likeness (QED) is 0.748. The summed E-state index contributed by atoms with van der Waals surface area (Å²) in [5, 5.41) is 4.04. The third-order valence-electron chi connectivity index (χ3n) is 3.85. The average Bonchev–Trinajstić information content (AvgIpc) is 2.96. The lowest BCUT2D eigenvalue weighted by molar-refractivity contribution is 0.392. The third-order valence-corrected chi connectivity index (χ3v) is 3.85. The molecule has 3 rings (SSSR count). The number of anilines is 1. The van der Waals surface area contributed by atoms with Gasteiger partial charge in [-0.15, -0.1) is 0 Å². The van der Waals surface area contributed by atoms with E-state index in [2.05, 4.69) is 29.6 Å². The predicted molar refractivity (Wildman–Crippen MR) is 83.3 cm³/mol. The minimum Gasteiger partial charge on any atom is -0.397 e. The summed E-state index contributed by atoms with van der Waals surface area (Å²) in [5.74, 6) is 2.20. The predicted octanol–water partition coefficient (Wildman–Crippen LogP) is 3.40. The van der Waals surface area contributed by atoms with Gasteiger partial charge in [0.1, 0.15) is 17.1 Å². The molecular formula is C16H20N4O. The number of rotatable bonds is 3. The molecule has 2 heterocycles. The summed E-state index contributed by atoms with van der Waals surface area (Å²) in [6.07, 6.45) is 0. The van der Waals surface area contributed by atoms with Crippen LogP contribution in [0.2, 0.25) is 0 Å². The summed E-state index contributed by atoms with van der Waals surface area (Å²) >= 11 is 0. The van der Waals surface area contributed by atoms with Crippen molar-refractivity contribution >= 4 is 16.7 Å². The standard InChI is InChI=1S/C16H20N4O/c1-9(2)16-18-15-13(17)6-5-7-14(15)20(16)8-12-10(3)19-21-11(12)4/h5-7,9H,8,17H2,1-4H3. The van der Waals surface area contributed by atoms with Crippen LogP contribution in [0.1, 0.15) is 42.6 Å². The number of aryl methyl sites for hydroxylation is 2. The maximum absolute atomic E-state index is 6.07. The van der Waals surface area contributed by atoms with Crippen LogP contribution in [0, 0.1) is 13.8 Å². The summed E-state index contributed by atoms with van der Waals surface area (Å²) in [6.45, 7) is 8.89. The number of fused-ring (bicyclic) bond motifs is 1. The van der Waals surface area contributed by atoms with Crippen molar-refractivity contribution in [2.45, 2.75) is 40.2 Å². The third kappa shape index (κ3) is 2.18. The first kappa shape index (κ1) is 13.7. The van der Waals surface area contributed by atoms with Gasteiger partial charge < -0.3 is 14.8 Å². The molecule has 0 spiro atoms. The van der Waals surface area contributed by atoms with Gasteiger partial charge in [0.2, 0.25) is 0 Å². The highest BCUT2D eigenvalue weighted by Gasteiger charge is 2.18. The highest BCUT2D eigenvalue weighted by atomic mass is 16.5. The van der Waals surface area contributed by atoms with E-state index in [1.165, 1.54) is 0 Å². The van der Waals surface area contributed by atoms with Crippen LogP contribution >= 0.6 is 0 Å². The molecule has 0 aliphatic carbocycles. The first-order valence-corrected chi connectivity index (χ1v) is 7.15. The molecule has 0 saturated carbocycles. The molecule has 0 fully saturated rings. The van der Waals surface area contributed by atoms with Crippen molar-refractivity contribution in [1.29, 1.82) is 0 Å². The smallest absolute Gasteiger partial charge is 0.138 e. The molecule has 0 aliphatic rings. The molecule has 0 amide bonds. The van der Waals surface area contributed by atoms with E-state index in [1.807, 2.05) is 26.0 Å². The molecule has 110 valence electrons. The van der Waals surface area contributed by atoms with Crippen LogP contribution in [-0.4, -0.2) is 14.7 Å². The van der Waals surface area contributed by atoms with Gasteiger partial charge in [-0.2, -0.15) is 0 Å². The molecule has 1 aromatic carbocycles. The summed E-state index contributed by atoms with van der Waals surface area (Å²) in [4.78, 5) is 4.74. The van der Waals surface area contributed by atoms with Crippen molar-refractivity contribution in [3.05, 3.63) is 41.0 Å². The van der Waals surface area contributed by atoms with Crippen LogP contribution in [0.4, 0.5) is 5.69 Å². The fourth-order valence-corrected chi connectivity index (χ4v) is 2.68. The van der Waals surface area contributed by atoms with E-state index in [0.717, 1.165) is 33.9 Å². The highest BCUT2D eigenvalue weighted by molar-refractivity contribution is 5.87. The number of imidazole rings is 1. The first-order valence-electron chi connectivity index (χ1n) is 7.15. The zero-order chi connectivity index (χ0) is 15.1. The monoisotopic (exact) mass is 284 g/mol. The zero-order valence-electron chi connectivity index (χ0n) is 12.8. The Labute approximate surface area is 123 Å². The van der Waals surface area contributed by atoms with Gasteiger partial charge in [0.05, 0.1) is 23.4 Å². The van der Waals surface area contributed by atoms with E-state index in [4.69, 9.17) is 15.2 Å². The molecule has 2 aromatic heterocycles. The number of hydrogen-bond donors (Lipinski definition) is 1. The molecule has 0 bridgehead atoms. The van der Waals surface area contributed by atoms with Gasteiger partial charge >= 0.3 is 0 Å². The normalized spacial score (nSPS) is 11.7. The van der Waals surface area contributed by atoms with Gasteiger partial charge in [0.15, 0.2) is 0 Å². The maximum atomic E-state index is 6.07. The molecule has 3 aromatic rings. The van der Waals surface area contributed by atoms with Crippen molar-refractivity contribution in [2.75, 3.05) is 5.73 Å². The van der Waals surface area contributed by atoms with Gasteiger partial charge in [-0.3, -0.25) is 0 Å². The Morgan fingerprint density at radius 2 is 2.05 bits per heavy atom. The Bertz CT molecular complexity index is 779. The molecule has 2 N–H and O–H groups in total. The largest absolute Gasteiger partial charge is 0.397 e. The second-order valence-electron chi connectivity index (χ2n) is 5.73. The first-order chi connectivity index (χ1) is 9.99.